The van der Waals surface area contributed by atoms with Crippen LogP contribution in [-0.4, -0.2) is 29.7 Å². The molecular weight excluding hydrogens is 520 g/mol. The summed E-state index contributed by atoms with van der Waals surface area (Å²) in [6, 6.07) is 15.2. The van der Waals surface area contributed by atoms with Gasteiger partial charge in [0.15, 0.2) is 5.11 Å². The van der Waals surface area contributed by atoms with Crippen molar-refractivity contribution in [3.05, 3.63) is 74.1 Å². The first-order valence-electron chi connectivity index (χ1n) is 9.32. The van der Waals surface area contributed by atoms with E-state index in [2.05, 4.69) is 37.6 Å². The molecule has 31 heavy (non-hydrogen) atoms. The molecule has 160 valence electrons. The van der Waals surface area contributed by atoms with E-state index in [1.165, 1.54) is 7.11 Å². The molecule has 6 nitrogen and oxygen atoms in total. The van der Waals surface area contributed by atoms with Gasteiger partial charge in [0.05, 0.1) is 32.3 Å². The summed E-state index contributed by atoms with van der Waals surface area (Å²) in [6.45, 7) is -0.0424. The van der Waals surface area contributed by atoms with Gasteiger partial charge < -0.3 is 20.3 Å². The molecule has 2 N–H and O–H groups in total. The summed E-state index contributed by atoms with van der Waals surface area (Å²) in [6.07, 6.45) is 1.78. The fraction of sp³-hybridized carbons (Fsp3) is 0.190. The predicted octanol–water partition coefficient (Wildman–Crippen LogP) is 5.32. The van der Waals surface area contributed by atoms with Crippen LogP contribution in [0.5, 0.6) is 0 Å². The van der Waals surface area contributed by atoms with Gasteiger partial charge in [-0.2, -0.15) is 0 Å². The molecule has 2 aromatic heterocycles. The minimum absolute atomic E-state index is 0.0424. The van der Waals surface area contributed by atoms with Crippen LogP contribution in [0.1, 0.15) is 22.7 Å². The number of nitrogens with zero attached hydrogens (tertiary/aromatic N) is 2. The Kier molecular flexibility index (Phi) is 6.88. The molecule has 3 heterocycles. The summed E-state index contributed by atoms with van der Waals surface area (Å²) in [5.74, 6) is -0.271. The lowest BCUT2D eigenvalue weighted by Gasteiger charge is -2.27. The molecule has 1 aliphatic heterocycles. The Bertz CT molecular complexity index is 1110. The van der Waals surface area contributed by atoms with E-state index < -0.39 is 0 Å². The number of hydrogen-bond acceptors (Lipinski definition) is 5. The molecule has 2 atom stereocenters. The van der Waals surface area contributed by atoms with E-state index in [-0.39, 0.29) is 24.6 Å². The highest BCUT2D eigenvalue weighted by molar-refractivity contribution is 9.11. The van der Waals surface area contributed by atoms with Crippen molar-refractivity contribution < 1.29 is 9.53 Å². The van der Waals surface area contributed by atoms with Crippen LogP contribution in [0.4, 0.5) is 11.4 Å². The third kappa shape index (κ3) is 4.75. The molecule has 0 unspecified atom stereocenters. The number of thiophene rings is 1. The molecular formula is C21H18BrClN4O2S2. The number of carbonyl (C=O) groups is 1. The van der Waals surface area contributed by atoms with Crippen LogP contribution in [0.15, 0.2) is 58.5 Å². The van der Waals surface area contributed by atoms with Crippen LogP contribution in [0.3, 0.4) is 0 Å². The van der Waals surface area contributed by atoms with Crippen molar-refractivity contribution in [1.82, 2.24) is 10.3 Å². The van der Waals surface area contributed by atoms with Gasteiger partial charge in [0.2, 0.25) is 5.91 Å². The van der Waals surface area contributed by atoms with Gasteiger partial charge in [-0.05, 0) is 70.6 Å². The number of ether oxygens (including phenoxy) is 1. The number of methoxy groups -OCH3 is 1. The largest absolute Gasteiger partial charge is 0.375 e. The van der Waals surface area contributed by atoms with Crippen LogP contribution < -0.4 is 15.5 Å². The van der Waals surface area contributed by atoms with Crippen molar-refractivity contribution in [2.75, 3.05) is 23.9 Å². The van der Waals surface area contributed by atoms with Crippen molar-refractivity contribution in [3.8, 4) is 0 Å². The van der Waals surface area contributed by atoms with Gasteiger partial charge in [-0.15, -0.1) is 11.3 Å². The molecule has 0 saturated carbocycles. The minimum atomic E-state index is -0.271. The molecule has 1 aliphatic rings. The van der Waals surface area contributed by atoms with Crippen LogP contribution in [-0.2, 0) is 9.53 Å². The third-order valence-corrected chi connectivity index (χ3v) is 7.09. The van der Waals surface area contributed by atoms with Gasteiger partial charge in [-0.3, -0.25) is 9.78 Å². The maximum absolute atomic E-state index is 11.9. The van der Waals surface area contributed by atoms with Crippen molar-refractivity contribution >= 4 is 73.5 Å². The molecule has 1 fully saturated rings. The molecule has 1 saturated heterocycles. The highest BCUT2D eigenvalue weighted by atomic mass is 79.9. The number of carbonyl (C=O) groups excluding carboxylic acids is 1. The second-order valence-corrected chi connectivity index (χ2v) is 10.1. The van der Waals surface area contributed by atoms with Crippen LogP contribution in [0, 0.1) is 0 Å². The average molecular weight is 538 g/mol. The molecule has 0 spiro atoms. The summed E-state index contributed by atoms with van der Waals surface area (Å²) < 4.78 is 5.89. The Morgan fingerprint density at radius 3 is 2.84 bits per heavy atom. The van der Waals surface area contributed by atoms with E-state index in [0.717, 1.165) is 20.0 Å². The fourth-order valence-electron chi connectivity index (χ4n) is 3.48. The van der Waals surface area contributed by atoms with E-state index in [1.54, 1.807) is 29.7 Å². The number of halogens is 2. The number of nitrogens with one attached hydrogen (secondary N) is 2. The first-order chi connectivity index (χ1) is 15.0. The predicted molar refractivity (Wildman–Crippen MR) is 132 cm³/mol. The number of hydrogen-bond donors (Lipinski definition) is 2. The van der Waals surface area contributed by atoms with Gasteiger partial charge in [0, 0.05) is 23.9 Å². The number of rotatable bonds is 6. The molecule has 1 aromatic carbocycles. The zero-order valence-corrected chi connectivity index (χ0v) is 20.3. The zero-order valence-electron chi connectivity index (χ0n) is 16.3. The lowest BCUT2D eigenvalue weighted by Crippen LogP contribution is -2.29. The van der Waals surface area contributed by atoms with Crippen molar-refractivity contribution in [2.45, 2.75) is 12.1 Å². The third-order valence-electron chi connectivity index (χ3n) is 4.76. The average Bonchev–Trinajstić information content (AvgIpc) is 3.33. The highest BCUT2D eigenvalue weighted by Crippen LogP contribution is 2.45. The van der Waals surface area contributed by atoms with E-state index in [0.29, 0.717) is 15.8 Å². The minimum Gasteiger partial charge on any atom is -0.375 e. The molecule has 3 aromatic rings. The van der Waals surface area contributed by atoms with Crippen LogP contribution in [0.2, 0.25) is 5.02 Å². The Morgan fingerprint density at radius 2 is 2.19 bits per heavy atom. The maximum atomic E-state index is 11.9. The van der Waals surface area contributed by atoms with Crippen LogP contribution in [0.25, 0.3) is 0 Å². The molecule has 0 radical (unpaired) electrons. The van der Waals surface area contributed by atoms with E-state index in [9.17, 15) is 4.79 Å². The monoisotopic (exact) mass is 536 g/mol. The summed E-state index contributed by atoms with van der Waals surface area (Å²) in [4.78, 5) is 19.6. The first-order valence-corrected chi connectivity index (χ1v) is 11.7. The number of pyridine rings is 1. The lowest BCUT2D eigenvalue weighted by atomic mass is 10.0. The van der Waals surface area contributed by atoms with E-state index >= 15 is 0 Å². The number of aromatic nitrogens is 1. The Labute approximate surface area is 202 Å². The quantitative estimate of drug-likeness (QED) is 0.415. The summed E-state index contributed by atoms with van der Waals surface area (Å²) in [7, 11) is 1.46. The van der Waals surface area contributed by atoms with E-state index in [4.69, 9.17) is 28.6 Å². The number of amides is 1. The number of benzene rings is 1. The fourth-order valence-corrected chi connectivity index (χ4v) is 5.60. The zero-order chi connectivity index (χ0) is 22.0. The first kappa shape index (κ1) is 22.2. The topological polar surface area (TPSA) is 66.5 Å². The summed E-state index contributed by atoms with van der Waals surface area (Å²) in [5.41, 5.74) is 2.24. The highest BCUT2D eigenvalue weighted by Gasteiger charge is 2.41. The lowest BCUT2D eigenvalue weighted by molar-refractivity contribution is -0.119. The number of thiocarbonyl (C=S) groups is 1. The Morgan fingerprint density at radius 1 is 1.35 bits per heavy atom. The SMILES string of the molecule is COCC(=O)Nc1ccc(N2C(=S)N[C@H](c3ccccn3)[C@H]2c2ccc(Br)s2)cc1Cl. The molecule has 0 aliphatic carbocycles. The van der Waals surface area contributed by atoms with Gasteiger partial charge in [-0.25, -0.2) is 0 Å². The van der Waals surface area contributed by atoms with Crippen molar-refractivity contribution in [2.24, 2.45) is 0 Å². The van der Waals surface area contributed by atoms with Gasteiger partial charge >= 0.3 is 0 Å². The maximum Gasteiger partial charge on any atom is 0.250 e. The summed E-state index contributed by atoms with van der Waals surface area (Å²) >= 11 is 17.4. The smallest absolute Gasteiger partial charge is 0.250 e. The molecule has 10 heteroatoms. The van der Waals surface area contributed by atoms with Gasteiger partial charge in [-0.1, -0.05) is 17.7 Å². The normalized spacial score (nSPS) is 18.2. The van der Waals surface area contributed by atoms with Crippen molar-refractivity contribution in [1.29, 1.82) is 0 Å². The second-order valence-electron chi connectivity index (χ2n) is 6.78. The molecule has 1 amide bonds. The van der Waals surface area contributed by atoms with Gasteiger partial charge in [0.25, 0.3) is 0 Å². The Balaban J connectivity index is 1.71. The van der Waals surface area contributed by atoms with E-state index in [1.807, 2.05) is 35.2 Å². The van der Waals surface area contributed by atoms with Crippen LogP contribution >= 0.6 is 51.1 Å². The Hall–Kier alpha value is -2.04. The van der Waals surface area contributed by atoms with Gasteiger partial charge in [0.1, 0.15) is 6.61 Å². The summed E-state index contributed by atoms with van der Waals surface area (Å²) in [5, 5.41) is 7.16. The standard InChI is InChI=1S/C21H18BrClN4O2S2/c1-29-11-18(28)25-14-6-5-12(10-13(14)23)27-20(16-7-8-17(22)31-16)19(26-21(27)30)15-4-2-3-9-24-15/h2-10,19-20H,11H2,1H3,(H,25,28)(H,26,30)/t19-,20-/m1/s1. The number of anilines is 2. The molecule has 0 bridgehead atoms. The van der Waals surface area contributed by atoms with Crippen molar-refractivity contribution in [3.63, 3.8) is 0 Å². The molecule has 4 rings (SSSR count). The second kappa shape index (κ2) is 9.62.